The van der Waals surface area contributed by atoms with Crippen molar-refractivity contribution in [3.63, 3.8) is 0 Å². The molecule has 0 bridgehead atoms. The van der Waals surface area contributed by atoms with Gasteiger partial charge in [-0.2, -0.15) is 13.2 Å². The molecular weight excluding hydrogens is 487 g/mol. The third-order valence-electron chi connectivity index (χ3n) is 6.96. The van der Waals surface area contributed by atoms with E-state index in [4.69, 9.17) is 5.73 Å². The van der Waals surface area contributed by atoms with E-state index in [0.717, 1.165) is 50.4 Å². The second-order valence-electron chi connectivity index (χ2n) is 9.84. The van der Waals surface area contributed by atoms with E-state index in [1.807, 2.05) is 30.9 Å². The summed E-state index contributed by atoms with van der Waals surface area (Å²) in [4.78, 5) is 38.1. The molecule has 4 rings (SSSR count). The van der Waals surface area contributed by atoms with Crippen molar-refractivity contribution in [2.75, 3.05) is 31.1 Å². The van der Waals surface area contributed by atoms with Gasteiger partial charge in [0.05, 0.1) is 5.56 Å². The van der Waals surface area contributed by atoms with Crippen molar-refractivity contribution in [3.8, 4) is 0 Å². The van der Waals surface area contributed by atoms with Crippen LogP contribution in [0.25, 0.3) is 0 Å². The molecule has 0 aliphatic carbocycles. The number of nitrogens with one attached hydrogen (secondary N) is 1. The standard InChI is InChI=1S/C25H32F3N7O2/c1-16-13-34(23-30-11-20(12-31-23)25(26,27)28)14-17(2)35(16)24(37)32-21-7-9-33(10-8-21)15-18-3-5-19(6-4-18)22(29)36/h3-6,11-12,16-17,21H,7-10,13-15H2,1-2H3,(H2,29,36)(H,32,37)/t16-,17+. The zero-order chi connectivity index (χ0) is 26.7. The number of piperazine rings is 1. The molecule has 200 valence electrons. The molecule has 9 nitrogen and oxygen atoms in total. The minimum Gasteiger partial charge on any atom is -0.366 e. The lowest BCUT2D eigenvalue weighted by Crippen LogP contribution is -2.62. The predicted octanol–water partition coefficient (Wildman–Crippen LogP) is 2.87. The topological polar surface area (TPSA) is 108 Å². The number of carbonyl (C=O) groups is 2. The SMILES string of the molecule is C[C@@H]1CN(c2ncc(C(F)(F)F)cn2)C[C@H](C)N1C(=O)NC1CCN(Cc2ccc(C(N)=O)cc2)CC1. The molecule has 0 saturated carbocycles. The van der Waals surface area contributed by atoms with Crippen molar-refractivity contribution in [2.24, 2.45) is 5.73 Å². The van der Waals surface area contributed by atoms with Gasteiger partial charge < -0.3 is 20.9 Å². The molecule has 0 spiro atoms. The number of nitrogens with zero attached hydrogens (tertiary/aromatic N) is 5. The Hall–Kier alpha value is -3.41. The van der Waals surface area contributed by atoms with Gasteiger partial charge in [0.15, 0.2) is 0 Å². The molecule has 3 amide bonds. The summed E-state index contributed by atoms with van der Waals surface area (Å²) in [6.45, 7) is 7.13. The lowest BCUT2D eigenvalue weighted by Gasteiger charge is -2.45. The molecule has 2 fully saturated rings. The van der Waals surface area contributed by atoms with Gasteiger partial charge in [-0.3, -0.25) is 9.69 Å². The molecule has 0 radical (unpaired) electrons. The first-order chi connectivity index (χ1) is 17.5. The quantitative estimate of drug-likeness (QED) is 0.629. The third-order valence-corrected chi connectivity index (χ3v) is 6.96. The van der Waals surface area contributed by atoms with Gasteiger partial charge in [-0.1, -0.05) is 12.1 Å². The van der Waals surface area contributed by atoms with Gasteiger partial charge in [-0.25, -0.2) is 14.8 Å². The van der Waals surface area contributed by atoms with E-state index in [0.29, 0.717) is 18.7 Å². The first-order valence-corrected chi connectivity index (χ1v) is 12.4. The highest BCUT2D eigenvalue weighted by Gasteiger charge is 2.36. The van der Waals surface area contributed by atoms with E-state index in [2.05, 4.69) is 20.2 Å². The van der Waals surface area contributed by atoms with Crippen LogP contribution >= 0.6 is 0 Å². The maximum Gasteiger partial charge on any atom is 0.419 e. The zero-order valence-electron chi connectivity index (χ0n) is 20.9. The Balaban J connectivity index is 1.26. The Morgan fingerprint density at radius 1 is 1.03 bits per heavy atom. The Bertz CT molecular complexity index is 1070. The highest BCUT2D eigenvalue weighted by Crippen LogP contribution is 2.29. The van der Waals surface area contributed by atoms with E-state index in [1.54, 1.807) is 17.0 Å². The van der Waals surface area contributed by atoms with Gasteiger partial charge in [0.25, 0.3) is 0 Å². The first-order valence-electron chi connectivity index (χ1n) is 12.4. The fourth-order valence-electron chi connectivity index (χ4n) is 5.03. The fraction of sp³-hybridized carbons (Fsp3) is 0.520. The van der Waals surface area contributed by atoms with E-state index >= 15 is 0 Å². The molecule has 2 aliphatic rings. The number of aromatic nitrogens is 2. The van der Waals surface area contributed by atoms with Crippen molar-refractivity contribution in [3.05, 3.63) is 53.3 Å². The number of anilines is 1. The lowest BCUT2D eigenvalue weighted by atomic mass is 10.0. The zero-order valence-corrected chi connectivity index (χ0v) is 20.9. The summed E-state index contributed by atoms with van der Waals surface area (Å²) in [5.74, 6) is -0.218. The Morgan fingerprint density at radius 2 is 1.59 bits per heavy atom. The Kier molecular flexibility index (Phi) is 7.86. The van der Waals surface area contributed by atoms with Crippen LogP contribution in [0.2, 0.25) is 0 Å². The molecule has 3 N–H and O–H groups in total. The van der Waals surface area contributed by atoms with Crippen LogP contribution in [-0.4, -0.2) is 76.0 Å². The largest absolute Gasteiger partial charge is 0.419 e. The molecule has 2 aromatic rings. The molecule has 2 saturated heterocycles. The molecule has 12 heteroatoms. The predicted molar refractivity (Wildman–Crippen MR) is 132 cm³/mol. The Morgan fingerprint density at radius 3 is 2.11 bits per heavy atom. The van der Waals surface area contributed by atoms with E-state index in [-0.39, 0.29) is 30.1 Å². The highest BCUT2D eigenvalue weighted by molar-refractivity contribution is 5.92. The second-order valence-corrected chi connectivity index (χ2v) is 9.84. The number of nitrogens with two attached hydrogens (primary N) is 1. The molecular formula is C25H32F3N7O2. The number of primary amides is 1. The number of urea groups is 1. The summed E-state index contributed by atoms with van der Waals surface area (Å²) < 4.78 is 38.4. The van der Waals surface area contributed by atoms with Crippen LogP contribution in [0.5, 0.6) is 0 Å². The number of likely N-dealkylation sites (tertiary alicyclic amines) is 1. The lowest BCUT2D eigenvalue weighted by molar-refractivity contribution is -0.138. The van der Waals surface area contributed by atoms with Crippen molar-refractivity contribution < 1.29 is 22.8 Å². The third kappa shape index (κ3) is 6.48. The summed E-state index contributed by atoms with van der Waals surface area (Å²) in [7, 11) is 0. The number of rotatable bonds is 5. The number of alkyl halides is 3. The molecule has 37 heavy (non-hydrogen) atoms. The summed E-state index contributed by atoms with van der Waals surface area (Å²) in [6, 6.07) is 6.88. The maximum absolute atomic E-state index is 13.1. The van der Waals surface area contributed by atoms with Crippen LogP contribution in [0.1, 0.15) is 48.2 Å². The number of amides is 3. The smallest absolute Gasteiger partial charge is 0.366 e. The molecule has 3 heterocycles. The minimum atomic E-state index is -4.48. The summed E-state index contributed by atoms with van der Waals surface area (Å²) in [6.07, 6.45) is -1.25. The van der Waals surface area contributed by atoms with Gasteiger partial charge in [-0.15, -0.1) is 0 Å². The number of hydrogen-bond donors (Lipinski definition) is 2. The fourth-order valence-corrected chi connectivity index (χ4v) is 5.03. The summed E-state index contributed by atoms with van der Waals surface area (Å²) in [5, 5.41) is 3.17. The van der Waals surface area contributed by atoms with Gasteiger partial charge in [0.1, 0.15) is 0 Å². The van der Waals surface area contributed by atoms with E-state index in [1.165, 1.54) is 0 Å². The van der Waals surface area contributed by atoms with Crippen LogP contribution < -0.4 is 16.0 Å². The number of benzene rings is 1. The number of carbonyl (C=O) groups excluding carboxylic acids is 2. The molecule has 1 aromatic carbocycles. The van der Waals surface area contributed by atoms with Crippen LogP contribution in [0.4, 0.5) is 23.9 Å². The van der Waals surface area contributed by atoms with Gasteiger partial charge in [-0.05, 0) is 44.4 Å². The van der Waals surface area contributed by atoms with E-state index < -0.39 is 17.6 Å². The number of halogens is 3. The van der Waals surface area contributed by atoms with E-state index in [9.17, 15) is 22.8 Å². The summed E-state index contributed by atoms with van der Waals surface area (Å²) in [5.41, 5.74) is 6.00. The normalized spacial score (nSPS) is 21.6. The molecule has 2 aliphatic heterocycles. The molecule has 0 unspecified atom stereocenters. The Labute approximate surface area is 213 Å². The number of hydrogen-bond acceptors (Lipinski definition) is 6. The van der Waals surface area contributed by atoms with Crippen LogP contribution in [-0.2, 0) is 12.7 Å². The van der Waals surface area contributed by atoms with Crippen molar-refractivity contribution in [2.45, 2.75) is 57.5 Å². The molecule has 1 aromatic heterocycles. The van der Waals surface area contributed by atoms with Crippen molar-refractivity contribution in [1.29, 1.82) is 0 Å². The van der Waals surface area contributed by atoms with Gasteiger partial charge >= 0.3 is 12.2 Å². The maximum atomic E-state index is 13.1. The van der Waals surface area contributed by atoms with Crippen LogP contribution in [0.3, 0.4) is 0 Å². The first kappa shape index (κ1) is 26.6. The monoisotopic (exact) mass is 519 g/mol. The second kappa shape index (κ2) is 10.9. The van der Waals surface area contributed by atoms with Crippen molar-refractivity contribution >= 4 is 17.9 Å². The highest BCUT2D eigenvalue weighted by atomic mass is 19.4. The number of piperidine rings is 1. The summed E-state index contributed by atoms with van der Waals surface area (Å²) >= 11 is 0. The average molecular weight is 520 g/mol. The van der Waals surface area contributed by atoms with Gasteiger partial charge in [0, 0.05) is 68.8 Å². The molecule has 2 atom stereocenters. The average Bonchev–Trinajstić information content (AvgIpc) is 2.84. The minimum absolute atomic E-state index is 0.0664. The van der Waals surface area contributed by atoms with Gasteiger partial charge in [0.2, 0.25) is 11.9 Å². The van der Waals surface area contributed by atoms with Crippen LogP contribution in [0, 0.1) is 0 Å². The van der Waals surface area contributed by atoms with Crippen LogP contribution in [0.15, 0.2) is 36.7 Å². The van der Waals surface area contributed by atoms with Crippen molar-refractivity contribution in [1.82, 2.24) is 25.1 Å².